The zero-order chi connectivity index (χ0) is 34.2. The average molecular weight is 678 g/mol. The summed E-state index contributed by atoms with van der Waals surface area (Å²) in [6, 6.07) is 27.9. The fourth-order valence-electron chi connectivity index (χ4n) is 5.07. The number of ether oxygens (including phenoxy) is 2. The lowest BCUT2D eigenvalue weighted by Crippen LogP contribution is -2.56. The molecule has 4 aromatic rings. The van der Waals surface area contributed by atoms with Crippen molar-refractivity contribution in [1.29, 1.82) is 0 Å². The van der Waals surface area contributed by atoms with Crippen LogP contribution >= 0.6 is 11.6 Å². The molecule has 1 atom stereocenters. The van der Waals surface area contributed by atoms with Crippen molar-refractivity contribution in [2.24, 2.45) is 0 Å². The van der Waals surface area contributed by atoms with E-state index in [9.17, 15) is 18.0 Å². The van der Waals surface area contributed by atoms with Crippen molar-refractivity contribution < 1.29 is 27.5 Å². The van der Waals surface area contributed by atoms with Gasteiger partial charge in [0.05, 0.1) is 24.8 Å². The highest BCUT2D eigenvalue weighted by Gasteiger charge is 2.36. The molecule has 0 spiro atoms. The molecule has 4 rings (SSSR count). The summed E-state index contributed by atoms with van der Waals surface area (Å²) in [6.07, 6.45) is 0.191. The lowest BCUT2D eigenvalue weighted by molar-refractivity contribution is -0.140. The summed E-state index contributed by atoms with van der Waals surface area (Å²) in [7, 11) is -1.36. The van der Waals surface area contributed by atoms with Crippen LogP contribution in [0.25, 0.3) is 0 Å². The van der Waals surface area contributed by atoms with Crippen molar-refractivity contribution in [3.8, 4) is 11.5 Å². The number of rotatable bonds is 13. The fourth-order valence-corrected chi connectivity index (χ4v) is 6.71. The summed E-state index contributed by atoms with van der Waals surface area (Å²) in [5, 5.41) is 3.48. The summed E-state index contributed by atoms with van der Waals surface area (Å²) in [6.45, 7) is 4.97. The van der Waals surface area contributed by atoms with Crippen LogP contribution in [0.5, 0.6) is 11.5 Å². The summed E-state index contributed by atoms with van der Waals surface area (Å²) in [5.74, 6) is -0.290. The molecule has 0 bridgehead atoms. The summed E-state index contributed by atoms with van der Waals surface area (Å²) in [4.78, 5) is 30.0. The molecule has 9 nitrogen and oxygen atoms in total. The molecule has 0 unspecified atom stereocenters. The number of nitrogens with one attached hydrogen (secondary N) is 1. The zero-order valence-electron chi connectivity index (χ0n) is 27.1. The van der Waals surface area contributed by atoms with Crippen molar-refractivity contribution in [3.63, 3.8) is 0 Å². The monoisotopic (exact) mass is 677 g/mol. The highest BCUT2D eigenvalue weighted by molar-refractivity contribution is 7.92. The molecule has 0 aliphatic rings. The molecule has 248 valence electrons. The molecule has 1 N–H and O–H groups in total. The molecule has 0 fully saturated rings. The van der Waals surface area contributed by atoms with Gasteiger partial charge in [-0.1, -0.05) is 72.3 Å². The van der Waals surface area contributed by atoms with Crippen LogP contribution < -0.4 is 19.1 Å². The first-order valence-corrected chi connectivity index (χ1v) is 16.8. The molecule has 4 aromatic carbocycles. The Morgan fingerprint density at radius 2 is 1.43 bits per heavy atom. The Bertz CT molecular complexity index is 1780. The number of hydrogen-bond donors (Lipinski definition) is 1. The van der Waals surface area contributed by atoms with Gasteiger partial charge in [0.1, 0.15) is 12.6 Å². The third-order valence-corrected chi connectivity index (χ3v) is 9.30. The molecule has 0 saturated carbocycles. The topological polar surface area (TPSA) is 105 Å². The van der Waals surface area contributed by atoms with E-state index < -0.39 is 34.1 Å². The number of sulfonamides is 1. The third-order valence-electron chi connectivity index (χ3n) is 7.28. The Morgan fingerprint density at radius 3 is 2.02 bits per heavy atom. The molecular formula is C36H40ClN3O6S. The largest absolute Gasteiger partial charge is 0.493 e. The van der Waals surface area contributed by atoms with Crippen molar-refractivity contribution in [2.75, 3.05) is 25.1 Å². The smallest absolute Gasteiger partial charge is 0.264 e. The Morgan fingerprint density at radius 1 is 0.809 bits per heavy atom. The van der Waals surface area contributed by atoms with Gasteiger partial charge in [0.15, 0.2) is 11.5 Å². The van der Waals surface area contributed by atoms with Crippen LogP contribution in [-0.2, 0) is 32.6 Å². The summed E-state index contributed by atoms with van der Waals surface area (Å²) in [5.41, 5.74) is 1.09. The van der Waals surface area contributed by atoms with Crippen LogP contribution in [-0.4, -0.2) is 57.5 Å². The van der Waals surface area contributed by atoms with Gasteiger partial charge in [-0.05, 0) is 68.3 Å². The Balaban J connectivity index is 1.85. The second-order valence-corrected chi connectivity index (χ2v) is 14.3. The summed E-state index contributed by atoms with van der Waals surface area (Å²) >= 11 is 6.32. The van der Waals surface area contributed by atoms with Crippen molar-refractivity contribution in [1.82, 2.24) is 10.2 Å². The second-order valence-electron chi connectivity index (χ2n) is 12.0. The minimum Gasteiger partial charge on any atom is -0.493 e. The van der Waals surface area contributed by atoms with Crippen LogP contribution in [0.2, 0.25) is 5.02 Å². The highest BCUT2D eigenvalue weighted by Crippen LogP contribution is 2.34. The van der Waals surface area contributed by atoms with E-state index in [4.69, 9.17) is 21.1 Å². The van der Waals surface area contributed by atoms with E-state index in [0.29, 0.717) is 16.3 Å². The molecule has 0 radical (unpaired) electrons. The van der Waals surface area contributed by atoms with Gasteiger partial charge < -0.3 is 19.7 Å². The number of hydrogen-bond acceptors (Lipinski definition) is 6. The van der Waals surface area contributed by atoms with E-state index in [1.807, 2.05) is 51.1 Å². The van der Waals surface area contributed by atoms with Gasteiger partial charge in [-0.15, -0.1) is 0 Å². The normalized spacial score (nSPS) is 12.1. The minimum absolute atomic E-state index is 0.000382. The predicted molar refractivity (Wildman–Crippen MR) is 184 cm³/mol. The van der Waals surface area contributed by atoms with E-state index in [1.54, 1.807) is 54.6 Å². The van der Waals surface area contributed by atoms with Crippen molar-refractivity contribution >= 4 is 39.1 Å². The van der Waals surface area contributed by atoms with Gasteiger partial charge in [-0.2, -0.15) is 0 Å². The number of benzene rings is 4. The zero-order valence-corrected chi connectivity index (χ0v) is 28.7. The van der Waals surface area contributed by atoms with Gasteiger partial charge in [0.2, 0.25) is 11.8 Å². The second kappa shape index (κ2) is 15.4. The Kier molecular flexibility index (Phi) is 11.5. The van der Waals surface area contributed by atoms with Crippen LogP contribution in [0, 0.1) is 0 Å². The fraction of sp³-hybridized carbons (Fsp3) is 0.278. The first-order chi connectivity index (χ1) is 22.3. The molecule has 47 heavy (non-hydrogen) atoms. The quantitative estimate of drug-likeness (QED) is 0.183. The molecule has 0 aromatic heterocycles. The Hall–Kier alpha value is -4.54. The van der Waals surface area contributed by atoms with Gasteiger partial charge >= 0.3 is 0 Å². The van der Waals surface area contributed by atoms with E-state index in [-0.39, 0.29) is 35.2 Å². The van der Waals surface area contributed by atoms with Crippen LogP contribution in [0.15, 0.2) is 108 Å². The number of amides is 2. The standard InChI is InChI=1S/C36H40ClN3O6S/c1-36(2,3)38-35(42)31(22-26-13-8-6-9-14-26)39(24-27-15-12-16-28(37)21-27)34(41)25-40(47(43,44)30-17-10-7-11-18-30)29-19-20-32(45-4)33(23-29)46-5/h6-21,23,31H,22,24-25H2,1-5H3,(H,38,42)/t31-/m0/s1. The first kappa shape index (κ1) is 35.3. The number of carbonyl (C=O) groups is 2. The van der Waals surface area contributed by atoms with Crippen molar-refractivity contribution in [2.45, 2.75) is 50.2 Å². The molecule has 11 heteroatoms. The molecular weight excluding hydrogens is 638 g/mol. The summed E-state index contributed by atoms with van der Waals surface area (Å²) < 4.78 is 40.3. The lowest BCUT2D eigenvalue weighted by atomic mass is 10.0. The van der Waals surface area contributed by atoms with E-state index >= 15 is 0 Å². The van der Waals surface area contributed by atoms with E-state index in [0.717, 1.165) is 9.87 Å². The van der Waals surface area contributed by atoms with Crippen LogP contribution in [0.1, 0.15) is 31.9 Å². The molecule has 2 amide bonds. The molecule has 0 heterocycles. The Labute approximate surface area is 282 Å². The molecule has 0 aliphatic heterocycles. The lowest BCUT2D eigenvalue weighted by Gasteiger charge is -2.35. The maximum absolute atomic E-state index is 14.6. The average Bonchev–Trinajstić information content (AvgIpc) is 3.04. The number of methoxy groups -OCH3 is 2. The number of halogens is 1. The van der Waals surface area contributed by atoms with Gasteiger partial charge in [-0.3, -0.25) is 13.9 Å². The number of carbonyl (C=O) groups excluding carboxylic acids is 2. The maximum atomic E-state index is 14.6. The number of anilines is 1. The number of nitrogens with zero attached hydrogens (tertiary/aromatic N) is 2. The van der Waals surface area contributed by atoms with E-state index in [2.05, 4.69) is 5.32 Å². The van der Waals surface area contributed by atoms with Gasteiger partial charge in [0.25, 0.3) is 10.0 Å². The van der Waals surface area contributed by atoms with Crippen LogP contribution in [0.3, 0.4) is 0 Å². The minimum atomic E-state index is -4.27. The SMILES string of the molecule is COc1ccc(N(CC(=O)N(Cc2cccc(Cl)c2)[C@@H](Cc2ccccc2)C(=O)NC(C)(C)C)S(=O)(=O)c2ccccc2)cc1OC. The molecule has 0 aliphatic carbocycles. The third kappa shape index (κ3) is 9.27. The van der Waals surface area contributed by atoms with Gasteiger partial charge in [-0.25, -0.2) is 8.42 Å². The predicted octanol–water partition coefficient (Wildman–Crippen LogP) is 6.11. The molecule has 0 saturated heterocycles. The highest BCUT2D eigenvalue weighted by atomic mass is 35.5. The first-order valence-electron chi connectivity index (χ1n) is 15.0. The van der Waals surface area contributed by atoms with E-state index in [1.165, 1.54) is 37.3 Å². The van der Waals surface area contributed by atoms with Gasteiger partial charge in [0, 0.05) is 29.6 Å². The maximum Gasteiger partial charge on any atom is 0.264 e. The van der Waals surface area contributed by atoms with Crippen molar-refractivity contribution in [3.05, 3.63) is 119 Å². The van der Waals surface area contributed by atoms with Crippen LogP contribution in [0.4, 0.5) is 5.69 Å².